The van der Waals surface area contributed by atoms with E-state index in [-0.39, 0.29) is 49.4 Å². The Labute approximate surface area is 532 Å². The number of phosphoric acid groups is 1. The summed E-state index contributed by atoms with van der Waals surface area (Å²) in [5, 5.41) is 0. The molecule has 1 heterocycles. The van der Waals surface area contributed by atoms with Gasteiger partial charge in [-0.3, -0.25) is 18.6 Å². The highest BCUT2D eigenvalue weighted by atomic mass is 31.2. The Bertz CT molecular complexity index is 2480. The lowest BCUT2D eigenvalue weighted by atomic mass is 9.72. The van der Waals surface area contributed by atoms with E-state index in [1.165, 1.54) is 176 Å². The van der Waals surface area contributed by atoms with Crippen molar-refractivity contribution in [1.29, 1.82) is 0 Å². The maximum absolute atomic E-state index is 13.5. The molecule has 0 aromatic carbocycles. The van der Waals surface area contributed by atoms with E-state index in [9.17, 15) is 19.0 Å². The van der Waals surface area contributed by atoms with Gasteiger partial charge in [0.25, 0.3) is 0 Å². The lowest BCUT2D eigenvalue weighted by Gasteiger charge is -2.33. The van der Waals surface area contributed by atoms with Crippen LogP contribution < -0.4 is 4.57 Å². The Kier molecular flexibility index (Phi) is 40.0. The van der Waals surface area contributed by atoms with Crippen LogP contribution in [0, 0.1) is 10.8 Å². The van der Waals surface area contributed by atoms with Gasteiger partial charge in [-0.2, -0.15) is 4.57 Å². The van der Waals surface area contributed by atoms with Gasteiger partial charge < -0.3 is 14.4 Å². The summed E-state index contributed by atoms with van der Waals surface area (Å²) in [6, 6.07) is 4.12. The minimum absolute atomic E-state index is 0.136. The van der Waals surface area contributed by atoms with Crippen LogP contribution in [-0.2, 0) is 39.2 Å². The van der Waals surface area contributed by atoms with E-state index >= 15 is 0 Å². The molecule has 0 saturated heterocycles. The van der Waals surface area contributed by atoms with Crippen molar-refractivity contribution < 1.29 is 42.1 Å². The Morgan fingerprint density at radius 2 is 1.03 bits per heavy atom. The number of nitrogens with zero attached hydrogens (tertiary/aromatic N) is 1. The molecule has 0 spiro atoms. The number of hydrogen-bond acceptors (Lipinski definition) is 7. The third kappa shape index (κ3) is 35.7. The maximum atomic E-state index is 13.5. The number of allylic oxidation sites excluding steroid dienone is 16. The molecular weight excluding hydrogens is 1100 g/mol. The number of unbranched alkanes of at least 4 members (excludes halogenated alkanes) is 24. The SMILES string of the molecule is CCCCCCCCCCCCCCCC(=O)OCC(COP(=O)(O)OCC[n+]1ccc(/C=C/C=C(C)/C=C/C2=C(C)CCCC2(C)C)cc1/C=C(C)/C=C/C=C(C)/C=C/C1=C(C)CCCC1(C)C)OC(=O)CCCCCCCCCCCCCCC. The molecule has 3 rings (SSSR count). The molecule has 10 heteroatoms. The number of carbonyl (C=O) groups is 2. The first-order chi connectivity index (χ1) is 41.7. The number of esters is 2. The fraction of sp³-hybridized carbons (Fsp3) is 0.675. The molecule has 0 fully saturated rings. The van der Waals surface area contributed by atoms with Crippen LogP contribution in [0.2, 0.25) is 0 Å². The van der Waals surface area contributed by atoms with Crippen LogP contribution in [0.25, 0.3) is 12.2 Å². The van der Waals surface area contributed by atoms with E-state index in [1.807, 2.05) is 16.8 Å². The summed E-state index contributed by atoms with van der Waals surface area (Å²) in [4.78, 5) is 37.1. The number of aromatic nitrogens is 1. The topological polar surface area (TPSA) is 112 Å². The highest BCUT2D eigenvalue weighted by molar-refractivity contribution is 7.47. The van der Waals surface area contributed by atoms with Crippen LogP contribution >= 0.6 is 7.82 Å². The lowest BCUT2D eigenvalue weighted by molar-refractivity contribution is -0.699. The van der Waals surface area contributed by atoms with Crippen LogP contribution in [0.15, 0.2) is 112 Å². The molecule has 1 aromatic rings. The average Bonchev–Trinajstić information content (AvgIpc) is 3.56. The van der Waals surface area contributed by atoms with Gasteiger partial charge in [0.05, 0.1) is 6.61 Å². The van der Waals surface area contributed by atoms with E-state index < -0.39 is 26.5 Å². The van der Waals surface area contributed by atoms with Crippen molar-refractivity contribution in [3.8, 4) is 0 Å². The van der Waals surface area contributed by atoms with E-state index in [0.29, 0.717) is 6.42 Å². The summed E-state index contributed by atoms with van der Waals surface area (Å²) in [7, 11) is -4.63. The molecular formula is C77H125NO8P+. The van der Waals surface area contributed by atoms with Gasteiger partial charge in [-0.1, -0.05) is 279 Å². The van der Waals surface area contributed by atoms with Crippen molar-refractivity contribution in [3.63, 3.8) is 0 Å². The zero-order valence-electron chi connectivity index (χ0n) is 57.2. The molecule has 87 heavy (non-hydrogen) atoms. The zero-order chi connectivity index (χ0) is 63.6. The molecule has 0 radical (unpaired) electrons. The van der Waals surface area contributed by atoms with E-state index in [2.05, 4.69) is 149 Å². The maximum Gasteiger partial charge on any atom is 0.472 e. The van der Waals surface area contributed by atoms with Gasteiger partial charge in [-0.25, -0.2) is 4.57 Å². The largest absolute Gasteiger partial charge is 0.472 e. The zero-order valence-corrected chi connectivity index (χ0v) is 58.1. The third-order valence-electron chi connectivity index (χ3n) is 17.7. The summed E-state index contributed by atoms with van der Waals surface area (Å²) in [5.74, 6) is -0.831. The second-order valence-corrected chi connectivity index (χ2v) is 28.4. The molecule has 2 atom stereocenters. The molecule has 1 N–H and O–H groups in total. The van der Waals surface area contributed by atoms with Crippen LogP contribution in [0.5, 0.6) is 0 Å². The summed E-state index contributed by atoms with van der Waals surface area (Å²) in [6.07, 6.45) is 63.6. The van der Waals surface area contributed by atoms with Crippen LogP contribution in [0.4, 0.5) is 0 Å². The van der Waals surface area contributed by atoms with Crippen LogP contribution in [0.3, 0.4) is 0 Å². The Morgan fingerprint density at radius 3 is 1.51 bits per heavy atom. The molecule has 0 saturated carbocycles. The quantitative estimate of drug-likeness (QED) is 0.0226. The van der Waals surface area contributed by atoms with Gasteiger partial charge in [0, 0.05) is 31.1 Å². The van der Waals surface area contributed by atoms with Gasteiger partial charge in [-0.05, 0) is 119 Å². The standard InChI is InChI=1S/C77H124NO8P/c1-12-14-16-18-20-22-24-26-28-30-32-34-36-48-74(79)83-62-71(86-75(80)49-37-35-33-31-29-27-25-23-21-19-17-15-13-2)63-85-87(81,82)84-59-58-78-57-54-69(47-39-43-65(4)51-53-73-68(7)46-41-56-77(73,10)11)61-70(78)60-66(5)44-38-42-64(3)50-52-72-67(6)45-40-55-76(72,8)9/h38-39,42-44,47,50-54,57,60-61,71H,12-37,40-41,45-46,48-49,55-56,58-59,62-63H2,1-11H3/p+1/b44-38+,47-39+,52-50+,53-51+,64-42+,65-43+,66-60+. The number of pyridine rings is 1. The van der Waals surface area contributed by atoms with E-state index in [1.54, 1.807) is 0 Å². The van der Waals surface area contributed by atoms with Crippen LogP contribution in [0.1, 0.15) is 306 Å². The fourth-order valence-corrected chi connectivity index (χ4v) is 12.9. The number of rotatable bonds is 47. The molecule has 0 bridgehead atoms. The van der Waals surface area contributed by atoms with Gasteiger partial charge >= 0.3 is 19.8 Å². The molecule has 2 aliphatic rings. The molecule has 0 amide bonds. The Morgan fingerprint density at radius 1 is 0.586 bits per heavy atom. The van der Waals surface area contributed by atoms with Gasteiger partial charge in [0.15, 0.2) is 18.8 Å². The van der Waals surface area contributed by atoms with Crippen molar-refractivity contribution in [3.05, 3.63) is 123 Å². The minimum atomic E-state index is -4.63. The number of phosphoric ester groups is 1. The molecule has 0 aliphatic heterocycles. The van der Waals surface area contributed by atoms with E-state index in [4.69, 9.17) is 18.5 Å². The monoisotopic (exact) mass is 1220 g/mol. The fourth-order valence-electron chi connectivity index (χ4n) is 12.2. The molecule has 490 valence electrons. The Balaban J connectivity index is 1.67. The number of carbonyl (C=O) groups excluding carboxylic acids is 2. The van der Waals surface area contributed by atoms with Crippen molar-refractivity contribution >= 4 is 31.9 Å². The highest BCUT2D eigenvalue weighted by Crippen LogP contribution is 2.44. The van der Waals surface area contributed by atoms with Gasteiger partial charge in [0.2, 0.25) is 5.69 Å². The van der Waals surface area contributed by atoms with E-state index in [0.717, 1.165) is 73.8 Å². The molecule has 2 unspecified atom stereocenters. The minimum Gasteiger partial charge on any atom is -0.462 e. The number of hydrogen-bond donors (Lipinski definition) is 1. The lowest BCUT2D eigenvalue weighted by Crippen LogP contribution is -2.38. The normalized spacial score (nSPS) is 17.2. The molecule has 1 aromatic heterocycles. The highest BCUT2D eigenvalue weighted by Gasteiger charge is 2.29. The van der Waals surface area contributed by atoms with Crippen molar-refractivity contribution in [2.75, 3.05) is 19.8 Å². The second-order valence-electron chi connectivity index (χ2n) is 26.9. The summed E-state index contributed by atoms with van der Waals surface area (Å²) < 4.78 is 38.0. The summed E-state index contributed by atoms with van der Waals surface area (Å²) in [5.41, 5.74) is 11.5. The predicted molar refractivity (Wildman–Crippen MR) is 368 cm³/mol. The molecule has 9 nitrogen and oxygen atoms in total. The Hall–Kier alpha value is -4.14. The smallest absolute Gasteiger partial charge is 0.462 e. The van der Waals surface area contributed by atoms with Crippen molar-refractivity contribution in [1.82, 2.24) is 0 Å². The summed E-state index contributed by atoms with van der Waals surface area (Å²) in [6.45, 7) is 24.1. The molecule has 2 aliphatic carbocycles. The van der Waals surface area contributed by atoms with Crippen molar-refractivity contribution in [2.24, 2.45) is 10.8 Å². The summed E-state index contributed by atoms with van der Waals surface area (Å²) >= 11 is 0. The van der Waals surface area contributed by atoms with Gasteiger partial charge in [-0.15, -0.1) is 0 Å². The first-order valence-corrected chi connectivity index (χ1v) is 36.4. The number of ether oxygens (including phenoxy) is 2. The van der Waals surface area contributed by atoms with Crippen LogP contribution in [-0.4, -0.2) is 42.8 Å². The van der Waals surface area contributed by atoms with Crippen molar-refractivity contribution in [2.45, 2.75) is 307 Å². The average molecular weight is 1220 g/mol. The predicted octanol–water partition coefficient (Wildman–Crippen LogP) is 22.6. The first-order valence-electron chi connectivity index (χ1n) is 34.9. The van der Waals surface area contributed by atoms with Gasteiger partial charge in [0.1, 0.15) is 13.2 Å². The first kappa shape index (κ1) is 77.1. The second kappa shape index (κ2) is 45.2. The third-order valence-corrected chi connectivity index (χ3v) is 18.6.